The van der Waals surface area contributed by atoms with E-state index in [1.807, 2.05) is 38.1 Å². The van der Waals surface area contributed by atoms with Gasteiger partial charge in [0.25, 0.3) is 0 Å². The zero-order valence-electron chi connectivity index (χ0n) is 14.1. The SMILES string of the molecule is CC(C)OCCC(=O)Nc1ccccc1N1CCC(CO)CC1. The minimum atomic E-state index is -0.0247. The number of nitrogens with one attached hydrogen (secondary N) is 1. The summed E-state index contributed by atoms with van der Waals surface area (Å²) < 4.78 is 5.43. The molecule has 1 aromatic carbocycles. The maximum Gasteiger partial charge on any atom is 0.226 e. The topological polar surface area (TPSA) is 61.8 Å². The highest BCUT2D eigenvalue weighted by Crippen LogP contribution is 2.29. The fourth-order valence-corrected chi connectivity index (χ4v) is 2.81. The van der Waals surface area contributed by atoms with Crippen LogP contribution in [-0.4, -0.2) is 43.4 Å². The van der Waals surface area contributed by atoms with E-state index in [0.717, 1.165) is 37.3 Å². The van der Waals surface area contributed by atoms with Crippen molar-refractivity contribution in [3.8, 4) is 0 Å². The quantitative estimate of drug-likeness (QED) is 0.811. The van der Waals surface area contributed by atoms with Crippen LogP contribution in [0.3, 0.4) is 0 Å². The fraction of sp³-hybridized carbons (Fsp3) is 0.611. The summed E-state index contributed by atoms with van der Waals surface area (Å²) in [5, 5.41) is 12.3. The number of aliphatic hydroxyl groups excluding tert-OH is 1. The van der Waals surface area contributed by atoms with Gasteiger partial charge in [0.1, 0.15) is 0 Å². The van der Waals surface area contributed by atoms with Crippen LogP contribution < -0.4 is 10.2 Å². The number of amides is 1. The number of rotatable bonds is 7. The molecule has 128 valence electrons. The number of benzene rings is 1. The number of anilines is 2. The first-order valence-corrected chi connectivity index (χ1v) is 8.46. The van der Waals surface area contributed by atoms with E-state index in [1.54, 1.807) is 0 Å². The Bertz CT molecular complexity index is 497. The Balaban J connectivity index is 1.94. The Morgan fingerprint density at radius 1 is 1.35 bits per heavy atom. The van der Waals surface area contributed by atoms with Gasteiger partial charge in [-0.1, -0.05) is 12.1 Å². The molecule has 1 aliphatic rings. The number of carbonyl (C=O) groups excluding carboxylic acids is 1. The average molecular weight is 320 g/mol. The Kier molecular flexibility index (Phi) is 6.86. The summed E-state index contributed by atoms with van der Waals surface area (Å²) in [6, 6.07) is 7.91. The lowest BCUT2D eigenvalue weighted by Gasteiger charge is -2.34. The van der Waals surface area contributed by atoms with Gasteiger partial charge >= 0.3 is 0 Å². The minimum absolute atomic E-state index is 0.0247. The number of piperidine rings is 1. The highest BCUT2D eigenvalue weighted by Gasteiger charge is 2.20. The van der Waals surface area contributed by atoms with Gasteiger partial charge in [0.2, 0.25) is 5.91 Å². The monoisotopic (exact) mass is 320 g/mol. The number of para-hydroxylation sites is 2. The molecule has 1 saturated heterocycles. The van der Waals surface area contributed by atoms with Gasteiger partial charge in [-0.25, -0.2) is 0 Å². The first-order valence-electron chi connectivity index (χ1n) is 8.46. The Labute approximate surface area is 138 Å². The molecule has 0 aromatic heterocycles. The summed E-state index contributed by atoms with van der Waals surface area (Å²) in [4.78, 5) is 14.4. The van der Waals surface area contributed by atoms with E-state index in [2.05, 4.69) is 10.2 Å². The van der Waals surface area contributed by atoms with E-state index in [4.69, 9.17) is 4.74 Å². The number of hydrogen-bond acceptors (Lipinski definition) is 4. The van der Waals surface area contributed by atoms with Crippen molar-refractivity contribution in [2.45, 2.75) is 39.2 Å². The molecule has 5 heteroatoms. The van der Waals surface area contributed by atoms with Crippen LogP contribution >= 0.6 is 0 Å². The van der Waals surface area contributed by atoms with Crippen molar-refractivity contribution in [3.05, 3.63) is 24.3 Å². The number of ether oxygens (including phenoxy) is 1. The van der Waals surface area contributed by atoms with Crippen molar-refractivity contribution < 1.29 is 14.6 Å². The van der Waals surface area contributed by atoms with E-state index < -0.39 is 0 Å². The summed E-state index contributed by atoms with van der Waals surface area (Å²) in [5.41, 5.74) is 1.91. The number of carbonyl (C=O) groups is 1. The summed E-state index contributed by atoms with van der Waals surface area (Å²) in [5.74, 6) is 0.379. The molecule has 1 amide bonds. The third-order valence-electron chi connectivity index (χ3n) is 4.17. The first kappa shape index (κ1) is 17.8. The van der Waals surface area contributed by atoms with Gasteiger partial charge in [0.15, 0.2) is 0 Å². The van der Waals surface area contributed by atoms with E-state index >= 15 is 0 Å². The maximum absolute atomic E-state index is 12.1. The minimum Gasteiger partial charge on any atom is -0.396 e. The van der Waals surface area contributed by atoms with Crippen molar-refractivity contribution in [1.29, 1.82) is 0 Å². The lowest BCUT2D eigenvalue weighted by molar-refractivity contribution is -0.117. The normalized spacial score (nSPS) is 15.9. The standard InChI is InChI=1S/C18H28N2O3/c1-14(2)23-12-9-18(22)19-16-5-3-4-6-17(16)20-10-7-15(13-21)8-11-20/h3-6,14-15,21H,7-13H2,1-2H3,(H,19,22). The van der Waals surface area contributed by atoms with Crippen LogP contribution in [0.4, 0.5) is 11.4 Å². The average Bonchev–Trinajstić information content (AvgIpc) is 2.55. The van der Waals surface area contributed by atoms with Gasteiger partial charge < -0.3 is 20.1 Å². The number of aliphatic hydroxyl groups is 1. The predicted molar refractivity (Wildman–Crippen MR) is 92.8 cm³/mol. The van der Waals surface area contributed by atoms with E-state index in [9.17, 15) is 9.90 Å². The third-order valence-corrected chi connectivity index (χ3v) is 4.17. The van der Waals surface area contributed by atoms with E-state index in [0.29, 0.717) is 18.9 Å². The van der Waals surface area contributed by atoms with Crippen LogP contribution in [0.15, 0.2) is 24.3 Å². The molecule has 0 bridgehead atoms. The Morgan fingerprint density at radius 3 is 2.70 bits per heavy atom. The molecule has 0 radical (unpaired) electrons. The second-order valence-corrected chi connectivity index (χ2v) is 6.35. The van der Waals surface area contributed by atoms with Gasteiger partial charge in [-0.05, 0) is 44.7 Å². The van der Waals surface area contributed by atoms with Crippen LogP contribution in [0.25, 0.3) is 0 Å². The molecule has 1 aromatic rings. The number of hydrogen-bond donors (Lipinski definition) is 2. The molecule has 1 fully saturated rings. The van der Waals surface area contributed by atoms with Crippen molar-refractivity contribution in [3.63, 3.8) is 0 Å². The Hall–Kier alpha value is -1.59. The molecule has 1 heterocycles. The number of nitrogens with zero attached hydrogens (tertiary/aromatic N) is 1. The van der Waals surface area contributed by atoms with Gasteiger partial charge in [0, 0.05) is 19.7 Å². The van der Waals surface area contributed by atoms with Crippen LogP contribution in [0.5, 0.6) is 0 Å². The van der Waals surface area contributed by atoms with Crippen LogP contribution in [0.2, 0.25) is 0 Å². The third kappa shape index (κ3) is 5.52. The van der Waals surface area contributed by atoms with E-state index in [1.165, 1.54) is 0 Å². The molecule has 0 saturated carbocycles. The van der Waals surface area contributed by atoms with Gasteiger partial charge in [-0.15, -0.1) is 0 Å². The van der Waals surface area contributed by atoms with E-state index in [-0.39, 0.29) is 18.6 Å². The molecule has 1 aliphatic heterocycles. The maximum atomic E-state index is 12.1. The molecule has 2 N–H and O–H groups in total. The predicted octanol–water partition coefficient (Wildman–Crippen LogP) is 2.65. The highest BCUT2D eigenvalue weighted by molar-refractivity contribution is 5.94. The van der Waals surface area contributed by atoms with Gasteiger partial charge in [-0.2, -0.15) is 0 Å². The molecule has 5 nitrogen and oxygen atoms in total. The molecule has 0 unspecified atom stereocenters. The summed E-state index contributed by atoms with van der Waals surface area (Å²) in [7, 11) is 0. The molecule has 23 heavy (non-hydrogen) atoms. The van der Waals surface area contributed by atoms with Gasteiger partial charge in [-0.3, -0.25) is 4.79 Å². The van der Waals surface area contributed by atoms with Crippen molar-refractivity contribution in [2.24, 2.45) is 5.92 Å². The molecular formula is C18H28N2O3. The van der Waals surface area contributed by atoms with Crippen molar-refractivity contribution in [2.75, 3.05) is 36.5 Å². The zero-order valence-corrected chi connectivity index (χ0v) is 14.1. The lowest BCUT2D eigenvalue weighted by atomic mass is 9.97. The molecule has 0 atom stereocenters. The molecular weight excluding hydrogens is 292 g/mol. The first-order chi connectivity index (χ1) is 11.1. The zero-order chi connectivity index (χ0) is 16.7. The van der Waals surface area contributed by atoms with Crippen LogP contribution in [0, 0.1) is 5.92 Å². The van der Waals surface area contributed by atoms with Crippen LogP contribution in [0.1, 0.15) is 33.1 Å². The van der Waals surface area contributed by atoms with Crippen molar-refractivity contribution >= 4 is 17.3 Å². The Morgan fingerprint density at radius 2 is 2.04 bits per heavy atom. The van der Waals surface area contributed by atoms with Crippen LogP contribution in [-0.2, 0) is 9.53 Å². The summed E-state index contributed by atoms with van der Waals surface area (Å²) >= 11 is 0. The van der Waals surface area contributed by atoms with Crippen molar-refractivity contribution in [1.82, 2.24) is 0 Å². The second kappa shape index (κ2) is 8.89. The smallest absolute Gasteiger partial charge is 0.226 e. The summed E-state index contributed by atoms with van der Waals surface area (Å²) in [6.45, 7) is 6.45. The molecule has 2 rings (SSSR count). The van der Waals surface area contributed by atoms with Gasteiger partial charge in [0.05, 0.1) is 30.5 Å². The second-order valence-electron chi connectivity index (χ2n) is 6.35. The molecule has 0 aliphatic carbocycles. The largest absolute Gasteiger partial charge is 0.396 e. The summed E-state index contributed by atoms with van der Waals surface area (Å²) in [6.07, 6.45) is 2.48. The molecule has 0 spiro atoms. The lowest BCUT2D eigenvalue weighted by Crippen LogP contribution is -2.35. The fourth-order valence-electron chi connectivity index (χ4n) is 2.81. The highest BCUT2D eigenvalue weighted by atomic mass is 16.5.